The van der Waals surface area contributed by atoms with Gasteiger partial charge in [-0.05, 0) is 12.8 Å². The largest absolute Gasteiger partial charge is 0.391 e. The molecular formula is C7H11F3N2O. The van der Waals surface area contributed by atoms with E-state index in [0.717, 1.165) is 0 Å². The first-order valence-corrected chi connectivity index (χ1v) is 4.01. The van der Waals surface area contributed by atoms with Crippen LogP contribution >= 0.6 is 0 Å². The average Bonchev–Trinajstić information content (AvgIpc) is 2.13. The molecule has 6 heteroatoms. The standard InChI is InChI=1S/C7H11F3N2O/c8-7(9,10)4-1-2-12-6(13)5(11)3-4/h4-5H,1-3,11H2,(H,12,13). The van der Waals surface area contributed by atoms with E-state index >= 15 is 0 Å². The minimum Gasteiger partial charge on any atom is -0.355 e. The van der Waals surface area contributed by atoms with Gasteiger partial charge >= 0.3 is 6.18 Å². The number of amides is 1. The van der Waals surface area contributed by atoms with Crippen LogP contribution in [-0.2, 0) is 4.79 Å². The lowest BCUT2D eigenvalue weighted by Crippen LogP contribution is -2.39. The van der Waals surface area contributed by atoms with E-state index in [2.05, 4.69) is 5.32 Å². The van der Waals surface area contributed by atoms with Crippen molar-refractivity contribution in [2.24, 2.45) is 11.7 Å². The molecule has 2 unspecified atom stereocenters. The number of carbonyl (C=O) groups excluding carboxylic acids is 1. The van der Waals surface area contributed by atoms with Crippen LogP contribution < -0.4 is 11.1 Å². The number of hydrogen-bond acceptors (Lipinski definition) is 2. The minimum absolute atomic E-state index is 0.0523. The lowest BCUT2D eigenvalue weighted by Gasteiger charge is -2.18. The quantitative estimate of drug-likeness (QED) is 0.589. The molecule has 0 radical (unpaired) electrons. The third-order valence-corrected chi connectivity index (χ3v) is 2.13. The van der Waals surface area contributed by atoms with Crippen LogP contribution in [0.3, 0.4) is 0 Å². The normalized spacial score (nSPS) is 30.9. The maximum Gasteiger partial charge on any atom is 0.391 e. The van der Waals surface area contributed by atoms with Crippen LogP contribution in [-0.4, -0.2) is 24.7 Å². The summed E-state index contributed by atoms with van der Waals surface area (Å²) in [6, 6.07) is -1.03. The second-order valence-electron chi connectivity index (χ2n) is 3.16. The number of carbonyl (C=O) groups is 1. The van der Waals surface area contributed by atoms with Gasteiger partial charge in [0.25, 0.3) is 0 Å². The van der Waals surface area contributed by atoms with Crippen molar-refractivity contribution in [2.75, 3.05) is 6.54 Å². The second kappa shape index (κ2) is 3.53. The lowest BCUT2D eigenvalue weighted by molar-refractivity contribution is -0.177. The summed E-state index contributed by atoms with van der Waals surface area (Å²) in [4.78, 5) is 10.9. The Morgan fingerprint density at radius 2 is 2.08 bits per heavy atom. The number of rotatable bonds is 0. The zero-order valence-electron chi connectivity index (χ0n) is 6.90. The van der Waals surface area contributed by atoms with Gasteiger partial charge in [-0.1, -0.05) is 0 Å². The lowest BCUT2D eigenvalue weighted by atomic mass is 9.98. The molecule has 1 heterocycles. The molecule has 0 aromatic heterocycles. The van der Waals surface area contributed by atoms with E-state index in [0.29, 0.717) is 0 Å². The summed E-state index contributed by atoms with van der Waals surface area (Å²) in [5.41, 5.74) is 5.25. The molecule has 1 amide bonds. The Labute approximate surface area is 73.5 Å². The molecule has 0 aliphatic carbocycles. The maximum absolute atomic E-state index is 12.2. The summed E-state index contributed by atoms with van der Waals surface area (Å²) >= 11 is 0. The third kappa shape index (κ3) is 2.58. The summed E-state index contributed by atoms with van der Waals surface area (Å²) in [7, 11) is 0. The highest BCUT2D eigenvalue weighted by Crippen LogP contribution is 2.32. The van der Waals surface area contributed by atoms with Crippen LogP contribution in [0.25, 0.3) is 0 Å². The van der Waals surface area contributed by atoms with Crippen LogP contribution in [0.15, 0.2) is 0 Å². The fourth-order valence-corrected chi connectivity index (χ4v) is 1.33. The second-order valence-corrected chi connectivity index (χ2v) is 3.16. The molecule has 1 aliphatic heterocycles. The first kappa shape index (κ1) is 10.3. The van der Waals surface area contributed by atoms with E-state index in [1.165, 1.54) is 0 Å². The summed E-state index contributed by atoms with van der Waals surface area (Å²) in [6.45, 7) is 0.0523. The average molecular weight is 196 g/mol. The molecule has 1 saturated heterocycles. The van der Waals surface area contributed by atoms with Gasteiger partial charge in [-0.3, -0.25) is 4.79 Å². The van der Waals surface area contributed by atoms with Crippen molar-refractivity contribution in [3.8, 4) is 0 Å². The topological polar surface area (TPSA) is 55.1 Å². The fourth-order valence-electron chi connectivity index (χ4n) is 1.33. The van der Waals surface area contributed by atoms with Crippen molar-refractivity contribution in [3.05, 3.63) is 0 Å². The molecule has 0 spiro atoms. The highest BCUT2D eigenvalue weighted by atomic mass is 19.4. The van der Waals surface area contributed by atoms with Crippen molar-refractivity contribution in [1.29, 1.82) is 0 Å². The van der Waals surface area contributed by atoms with Gasteiger partial charge in [-0.2, -0.15) is 13.2 Å². The highest BCUT2D eigenvalue weighted by Gasteiger charge is 2.42. The molecule has 2 atom stereocenters. The summed E-state index contributed by atoms with van der Waals surface area (Å²) < 4.78 is 36.7. The van der Waals surface area contributed by atoms with Crippen LogP contribution in [0.5, 0.6) is 0 Å². The van der Waals surface area contributed by atoms with E-state index in [-0.39, 0.29) is 19.4 Å². The zero-order chi connectivity index (χ0) is 10.1. The predicted octanol–water partition coefficient (Wildman–Crippen LogP) is 0.402. The van der Waals surface area contributed by atoms with E-state index in [1.54, 1.807) is 0 Å². The molecule has 1 fully saturated rings. The number of halogens is 3. The molecule has 1 rings (SSSR count). The third-order valence-electron chi connectivity index (χ3n) is 2.13. The molecule has 3 N–H and O–H groups in total. The Morgan fingerprint density at radius 1 is 1.46 bits per heavy atom. The number of hydrogen-bond donors (Lipinski definition) is 2. The van der Waals surface area contributed by atoms with Crippen molar-refractivity contribution in [1.82, 2.24) is 5.32 Å². The van der Waals surface area contributed by atoms with Gasteiger partial charge in [0.1, 0.15) is 0 Å². The highest BCUT2D eigenvalue weighted by molar-refractivity contribution is 5.81. The van der Waals surface area contributed by atoms with E-state index in [4.69, 9.17) is 5.73 Å². The molecule has 0 bridgehead atoms. The van der Waals surface area contributed by atoms with Crippen molar-refractivity contribution < 1.29 is 18.0 Å². The minimum atomic E-state index is -4.25. The number of nitrogens with one attached hydrogen (secondary N) is 1. The fraction of sp³-hybridized carbons (Fsp3) is 0.857. The number of nitrogens with two attached hydrogens (primary N) is 1. The van der Waals surface area contributed by atoms with E-state index in [9.17, 15) is 18.0 Å². The van der Waals surface area contributed by atoms with Gasteiger partial charge in [0.05, 0.1) is 12.0 Å². The van der Waals surface area contributed by atoms with Gasteiger partial charge in [0.2, 0.25) is 5.91 Å². The first-order chi connectivity index (χ1) is 5.91. The van der Waals surface area contributed by atoms with Gasteiger partial charge in [0, 0.05) is 6.54 Å². The zero-order valence-corrected chi connectivity index (χ0v) is 6.90. The molecule has 0 aromatic rings. The van der Waals surface area contributed by atoms with Crippen LogP contribution in [0.1, 0.15) is 12.8 Å². The van der Waals surface area contributed by atoms with E-state index < -0.39 is 24.0 Å². The van der Waals surface area contributed by atoms with Gasteiger partial charge in [0.15, 0.2) is 0 Å². The Morgan fingerprint density at radius 3 is 2.62 bits per heavy atom. The molecule has 1 aliphatic rings. The Kier molecular flexibility index (Phi) is 2.80. The first-order valence-electron chi connectivity index (χ1n) is 4.01. The number of alkyl halides is 3. The van der Waals surface area contributed by atoms with Gasteiger partial charge in [-0.25, -0.2) is 0 Å². The smallest absolute Gasteiger partial charge is 0.355 e. The van der Waals surface area contributed by atoms with E-state index in [1.807, 2.05) is 0 Å². The maximum atomic E-state index is 12.2. The Bertz CT molecular complexity index is 204. The summed E-state index contributed by atoms with van der Waals surface area (Å²) in [5, 5.41) is 2.33. The van der Waals surface area contributed by atoms with Crippen LogP contribution in [0.4, 0.5) is 13.2 Å². The van der Waals surface area contributed by atoms with Gasteiger partial charge in [-0.15, -0.1) is 0 Å². The Balaban J connectivity index is 2.64. The van der Waals surface area contributed by atoms with Gasteiger partial charge < -0.3 is 11.1 Å². The van der Waals surface area contributed by atoms with Crippen molar-refractivity contribution >= 4 is 5.91 Å². The molecular weight excluding hydrogens is 185 g/mol. The Hall–Kier alpha value is -0.780. The summed E-state index contributed by atoms with van der Waals surface area (Å²) in [6.07, 6.45) is -4.64. The predicted molar refractivity (Wildman–Crippen MR) is 39.8 cm³/mol. The monoisotopic (exact) mass is 196 g/mol. The molecule has 0 saturated carbocycles. The molecule has 3 nitrogen and oxygen atoms in total. The van der Waals surface area contributed by atoms with Crippen LogP contribution in [0.2, 0.25) is 0 Å². The SMILES string of the molecule is NC1CC(C(F)(F)F)CCNC1=O. The summed E-state index contributed by atoms with van der Waals surface area (Å²) in [5.74, 6) is -1.95. The van der Waals surface area contributed by atoms with Crippen molar-refractivity contribution in [2.45, 2.75) is 25.1 Å². The molecule has 13 heavy (non-hydrogen) atoms. The molecule has 76 valence electrons. The van der Waals surface area contributed by atoms with Crippen LogP contribution in [0, 0.1) is 5.92 Å². The van der Waals surface area contributed by atoms with Crippen molar-refractivity contribution in [3.63, 3.8) is 0 Å². The molecule has 0 aromatic carbocycles.